The number of anilines is 2. The minimum Gasteiger partial charge on any atom is -0.394 e. The standard InChI is InChI=1S/C41H39N5O7/c1-26(7-6-12-39(49)44-24-29-9-3-2-8-28(29)19-33(44)25-47)41(51)35-21-32(46(52)53)17-18-37(35)45(40(41)50)23-27-13-15-31(16-14-27)43-38(48)20-30-22-42-36-11-5-4-10-34(30)36/h2-11,13-18,21-22,26,33,42,47,51H,12,19-20,23-25H2,1H3,(H,43,48)/b7-6+/t26-,33+,41+/m1/s1. The second-order valence-electron chi connectivity index (χ2n) is 13.6. The third-order valence-electron chi connectivity index (χ3n) is 10.3. The van der Waals surface area contributed by atoms with Gasteiger partial charge in [-0.1, -0.05) is 73.7 Å². The molecule has 4 N–H and O–H groups in total. The van der Waals surface area contributed by atoms with Crippen molar-refractivity contribution >= 4 is 45.7 Å². The molecule has 5 aromatic rings. The van der Waals surface area contributed by atoms with Crippen molar-refractivity contribution in [3.05, 3.63) is 147 Å². The number of hydrogen-bond acceptors (Lipinski definition) is 7. The Morgan fingerprint density at radius 3 is 2.55 bits per heavy atom. The van der Waals surface area contributed by atoms with Gasteiger partial charge < -0.3 is 30.3 Å². The Labute approximate surface area is 305 Å². The lowest BCUT2D eigenvalue weighted by atomic mass is 9.82. The highest BCUT2D eigenvalue weighted by molar-refractivity contribution is 6.07. The number of hydrogen-bond donors (Lipinski definition) is 4. The molecule has 1 aromatic heterocycles. The molecule has 0 spiro atoms. The summed E-state index contributed by atoms with van der Waals surface area (Å²) in [7, 11) is 0. The molecule has 3 amide bonds. The number of aromatic nitrogens is 1. The van der Waals surface area contributed by atoms with Crippen molar-refractivity contribution < 1.29 is 29.5 Å². The molecule has 2 aliphatic rings. The van der Waals surface area contributed by atoms with Gasteiger partial charge in [-0.15, -0.1) is 0 Å². The molecule has 0 unspecified atom stereocenters. The maximum Gasteiger partial charge on any atom is 0.269 e. The average molecular weight is 714 g/mol. The molecule has 0 aliphatic carbocycles. The summed E-state index contributed by atoms with van der Waals surface area (Å²) >= 11 is 0. The second-order valence-corrected chi connectivity index (χ2v) is 13.6. The fourth-order valence-electron chi connectivity index (χ4n) is 7.41. The molecule has 2 aliphatic heterocycles. The number of nitrogens with zero attached hydrogens (tertiary/aromatic N) is 3. The number of nitro groups is 1. The molecule has 4 aromatic carbocycles. The number of carbonyl (C=O) groups is 3. The van der Waals surface area contributed by atoms with Crippen molar-refractivity contribution in [2.75, 3.05) is 16.8 Å². The number of amides is 3. The third-order valence-corrected chi connectivity index (χ3v) is 10.3. The van der Waals surface area contributed by atoms with Crippen molar-refractivity contribution in [3.63, 3.8) is 0 Å². The quantitative estimate of drug-likeness (QED) is 0.0794. The Kier molecular flexibility index (Phi) is 9.65. The topological polar surface area (TPSA) is 169 Å². The van der Waals surface area contributed by atoms with Crippen LogP contribution in [0.4, 0.5) is 17.1 Å². The van der Waals surface area contributed by atoms with Crippen LogP contribution in [0.5, 0.6) is 0 Å². The van der Waals surface area contributed by atoms with Crippen LogP contribution in [-0.2, 0) is 45.9 Å². The van der Waals surface area contributed by atoms with E-state index in [0.717, 1.165) is 27.6 Å². The lowest BCUT2D eigenvalue weighted by molar-refractivity contribution is -0.385. The molecule has 0 bridgehead atoms. The number of aliphatic hydroxyl groups excluding tert-OH is 1. The van der Waals surface area contributed by atoms with E-state index in [1.807, 2.05) is 54.7 Å². The van der Waals surface area contributed by atoms with E-state index in [1.54, 1.807) is 48.2 Å². The van der Waals surface area contributed by atoms with E-state index >= 15 is 0 Å². The van der Waals surface area contributed by atoms with Gasteiger partial charge in [0, 0.05) is 59.4 Å². The molecule has 0 saturated heterocycles. The summed E-state index contributed by atoms with van der Waals surface area (Å²) in [4.78, 5) is 57.7. The Balaban J connectivity index is 1.05. The summed E-state index contributed by atoms with van der Waals surface area (Å²) < 4.78 is 0. The molecule has 3 atom stereocenters. The lowest BCUT2D eigenvalue weighted by Crippen LogP contribution is -2.46. The maximum absolute atomic E-state index is 14.1. The van der Waals surface area contributed by atoms with Crippen LogP contribution in [-0.4, -0.2) is 55.4 Å². The van der Waals surface area contributed by atoms with Crippen LogP contribution in [0.1, 0.15) is 41.2 Å². The largest absolute Gasteiger partial charge is 0.394 e. The first-order valence-corrected chi connectivity index (χ1v) is 17.5. The lowest BCUT2D eigenvalue weighted by Gasteiger charge is -2.36. The molecule has 270 valence electrons. The van der Waals surface area contributed by atoms with Crippen LogP contribution in [0.2, 0.25) is 0 Å². The highest BCUT2D eigenvalue weighted by Crippen LogP contribution is 2.47. The Morgan fingerprint density at radius 2 is 1.79 bits per heavy atom. The molecule has 3 heterocycles. The van der Waals surface area contributed by atoms with Crippen molar-refractivity contribution in [1.82, 2.24) is 9.88 Å². The highest BCUT2D eigenvalue weighted by Gasteiger charge is 2.53. The number of aromatic amines is 1. The Morgan fingerprint density at radius 1 is 1.06 bits per heavy atom. The fraction of sp³-hybridized carbons (Fsp3) is 0.244. The monoisotopic (exact) mass is 713 g/mol. The van der Waals surface area contributed by atoms with Crippen LogP contribution in [0.3, 0.4) is 0 Å². The summed E-state index contributed by atoms with van der Waals surface area (Å²) in [5.74, 6) is -1.90. The van der Waals surface area contributed by atoms with Gasteiger partial charge in [-0.2, -0.15) is 0 Å². The first kappa shape index (κ1) is 35.3. The summed E-state index contributed by atoms with van der Waals surface area (Å²) in [5.41, 5.74) is 3.27. The number of aliphatic hydroxyl groups is 2. The maximum atomic E-state index is 14.1. The number of H-pyrrole nitrogens is 1. The SMILES string of the molecule is C[C@H](/C=C/CC(=O)N1Cc2ccccc2C[C@H]1CO)[C@@]1(O)C(=O)N(Cc2ccc(NC(=O)Cc3c[nH]c4ccccc34)cc2)c2ccc([N+](=O)[O-])cc21. The van der Waals surface area contributed by atoms with E-state index < -0.39 is 22.3 Å². The summed E-state index contributed by atoms with van der Waals surface area (Å²) in [6.07, 6.45) is 5.71. The smallest absolute Gasteiger partial charge is 0.269 e. The van der Waals surface area contributed by atoms with Gasteiger partial charge in [-0.25, -0.2) is 0 Å². The Bertz CT molecular complexity index is 2250. The normalized spacial score (nSPS) is 18.6. The van der Waals surface area contributed by atoms with Gasteiger partial charge in [-0.3, -0.25) is 24.5 Å². The number of nitro benzene ring substituents is 1. The van der Waals surface area contributed by atoms with Gasteiger partial charge in [0.05, 0.1) is 36.2 Å². The molecular formula is C41H39N5O7. The van der Waals surface area contributed by atoms with E-state index in [-0.39, 0.29) is 55.1 Å². The third kappa shape index (κ3) is 6.82. The molecule has 53 heavy (non-hydrogen) atoms. The zero-order valence-corrected chi connectivity index (χ0v) is 29.1. The predicted octanol–water partition coefficient (Wildman–Crippen LogP) is 5.52. The average Bonchev–Trinajstić information content (AvgIpc) is 3.67. The van der Waals surface area contributed by atoms with E-state index in [4.69, 9.17) is 0 Å². The summed E-state index contributed by atoms with van der Waals surface area (Å²) in [6, 6.07) is 26.2. The molecule has 0 fully saturated rings. The van der Waals surface area contributed by atoms with Crippen LogP contribution in [0.15, 0.2) is 109 Å². The molecule has 12 nitrogen and oxygen atoms in total. The van der Waals surface area contributed by atoms with E-state index in [2.05, 4.69) is 10.3 Å². The minimum atomic E-state index is -2.14. The molecule has 0 radical (unpaired) electrons. The molecular weight excluding hydrogens is 674 g/mol. The van der Waals surface area contributed by atoms with E-state index in [1.165, 1.54) is 23.1 Å². The van der Waals surface area contributed by atoms with Crippen molar-refractivity contribution in [2.24, 2.45) is 5.92 Å². The number of rotatable bonds is 11. The van der Waals surface area contributed by atoms with Gasteiger partial charge in [0.2, 0.25) is 11.8 Å². The molecule has 7 rings (SSSR count). The summed E-state index contributed by atoms with van der Waals surface area (Å²) in [5, 5.41) is 37.7. The Hall–Kier alpha value is -6.11. The number of nitrogens with one attached hydrogen (secondary N) is 2. The second kappa shape index (κ2) is 14.5. The zero-order valence-electron chi connectivity index (χ0n) is 29.1. The summed E-state index contributed by atoms with van der Waals surface area (Å²) in [6.45, 7) is 1.88. The van der Waals surface area contributed by atoms with Crippen molar-refractivity contribution in [1.29, 1.82) is 0 Å². The van der Waals surface area contributed by atoms with Gasteiger partial charge >= 0.3 is 0 Å². The molecule has 12 heteroatoms. The minimum absolute atomic E-state index is 0.0244. The van der Waals surface area contributed by atoms with Gasteiger partial charge in [0.15, 0.2) is 5.60 Å². The van der Waals surface area contributed by atoms with E-state index in [0.29, 0.717) is 29.9 Å². The van der Waals surface area contributed by atoms with Gasteiger partial charge in [0.1, 0.15) is 0 Å². The predicted molar refractivity (Wildman–Crippen MR) is 200 cm³/mol. The fourth-order valence-corrected chi connectivity index (χ4v) is 7.41. The number of fused-ring (bicyclic) bond motifs is 3. The van der Waals surface area contributed by atoms with E-state index in [9.17, 15) is 34.7 Å². The van der Waals surface area contributed by atoms with Crippen LogP contribution in [0, 0.1) is 16.0 Å². The van der Waals surface area contributed by atoms with Crippen molar-refractivity contribution in [3.8, 4) is 0 Å². The molecule has 0 saturated carbocycles. The van der Waals surface area contributed by atoms with Crippen LogP contribution in [0.25, 0.3) is 10.9 Å². The van der Waals surface area contributed by atoms with Gasteiger partial charge in [-0.05, 0) is 52.9 Å². The zero-order chi connectivity index (χ0) is 37.3. The first-order valence-electron chi connectivity index (χ1n) is 17.5. The van der Waals surface area contributed by atoms with Crippen LogP contribution < -0.4 is 10.2 Å². The highest BCUT2D eigenvalue weighted by atomic mass is 16.6. The van der Waals surface area contributed by atoms with Crippen molar-refractivity contribution in [2.45, 2.75) is 50.9 Å². The van der Waals surface area contributed by atoms with Crippen LogP contribution >= 0.6 is 0 Å². The van der Waals surface area contributed by atoms with Gasteiger partial charge in [0.25, 0.3) is 11.6 Å². The number of non-ortho nitro benzene ring substituents is 1. The number of para-hydroxylation sites is 1. The number of carbonyl (C=O) groups excluding carboxylic acids is 3. The first-order chi connectivity index (χ1) is 25.6. The number of benzene rings is 4.